The molecule has 1 aliphatic heterocycles. The van der Waals surface area contributed by atoms with Crippen LogP contribution in [-0.2, 0) is 0 Å². The molecule has 0 bridgehead atoms. The van der Waals surface area contributed by atoms with Crippen molar-refractivity contribution in [3.63, 3.8) is 0 Å². The van der Waals surface area contributed by atoms with E-state index in [1.807, 2.05) is 12.1 Å². The van der Waals surface area contributed by atoms with Gasteiger partial charge in [0.05, 0.1) is 19.8 Å². The number of aliphatic hydroxyl groups is 1. The molecule has 1 aromatic rings. The minimum Gasteiger partial charge on any atom is -0.497 e. The van der Waals surface area contributed by atoms with Crippen LogP contribution in [0.1, 0.15) is 19.3 Å². The van der Waals surface area contributed by atoms with Crippen molar-refractivity contribution in [1.82, 2.24) is 0 Å². The number of hydrogen-bond acceptors (Lipinski definition) is 3. The summed E-state index contributed by atoms with van der Waals surface area (Å²) >= 11 is 0. The summed E-state index contributed by atoms with van der Waals surface area (Å²) in [4.78, 5) is 2.29. The molecule has 3 heteroatoms. The van der Waals surface area contributed by atoms with E-state index in [-0.39, 0.29) is 12.6 Å². The van der Waals surface area contributed by atoms with Gasteiger partial charge in [-0.25, -0.2) is 0 Å². The average Bonchev–Trinajstić information content (AvgIpc) is 2.39. The summed E-state index contributed by atoms with van der Waals surface area (Å²) in [5.74, 6) is 0.876. The summed E-state index contributed by atoms with van der Waals surface area (Å²) in [5, 5.41) is 9.36. The molecule has 1 saturated heterocycles. The highest BCUT2D eigenvalue weighted by Gasteiger charge is 2.21. The van der Waals surface area contributed by atoms with Gasteiger partial charge in [-0.15, -0.1) is 0 Å². The number of rotatable bonds is 3. The number of hydrogen-bond donors (Lipinski definition) is 1. The molecule has 1 N–H and O–H groups in total. The van der Waals surface area contributed by atoms with Crippen LogP contribution in [0, 0.1) is 0 Å². The first-order valence-corrected chi connectivity index (χ1v) is 5.86. The smallest absolute Gasteiger partial charge is 0.119 e. The van der Waals surface area contributed by atoms with E-state index in [1.54, 1.807) is 7.11 Å². The summed E-state index contributed by atoms with van der Waals surface area (Å²) in [6.07, 6.45) is 3.52. The maximum atomic E-state index is 9.36. The Morgan fingerprint density at radius 2 is 2.06 bits per heavy atom. The Balaban J connectivity index is 2.14. The van der Waals surface area contributed by atoms with Crippen LogP contribution >= 0.6 is 0 Å². The second kappa shape index (κ2) is 5.21. The second-order valence-electron chi connectivity index (χ2n) is 4.22. The highest BCUT2D eigenvalue weighted by molar-refractivity contribution is 5.50. The molecule has 1 aliphatic rings. The molecule has 0 radical (unpaired) electrons. The van der Waals surface area contributed by atoms with Crippen molar-refractivity contribution in [2.75, 3.05) is 25.2 Å². The molecule has 1 aromatic carbocycles. The van der Waals surface area contributed by atoms with Crippen molar-refractivity contribution in [1.29, 1.82) is 0 Å². The van der Waals surface area contributed by atoms with Crippen LogP contribution in [0.15, 0.2) is 24.3 Å². The van der Waals surface area contributed by atoms with Gasteiger partial charge in [0.2, 0.25) is 0 Å². The molecule has 16 heavy (non-hydrogen) atoms. The summed E-state index contributed by atoms with van der Waals surface area (Å²) in [7, 11) is 1.67. The summed E-state index contributed by atoms with van der Waals surface area (Å²) in [6.45, 7) is 1.28. The van der Waals surface area contributed by atoms with Crippen LogP contribution < -0.4 is 9.64 Å². The Bertz CT molecular complexity index is 323. The number of anilines is 1. The van der Waals surface area contributed by atoms with Crippen LogP contribution in [0.25, 0.3) is 0 Å². The van der Waals surface area contributed by atoms with E-state index in [9.17, 15) is 5.11 Å². The lowest BCUT2D eigenvalue weighted by Crippen LogP contribution is -2.41. The third kappa shape index (κ3) is 2.30. The molecule has 2 rings (SSSR count). The van der Waals surface area contributed by atoms with Gasteiger partial charge in [0.1, 0.15) is 5.75 Å². The fourth-order valence-corrected chi connectivity index (χ4v) is 2.30. The largest absolute Gasteiger partial charge is 0.497 e. The van der Waals surface area contributed by atoms with E-state index in [0.717, 1.165) is 18.7 Å². The molecule has 0 saturated carbocycles. The van der Waals surface area contributed by atoms with Crippen molar-refractivity contribution in [3.8, 4) is 5.75 Å². The number of methoxy groups -OCH3 is 1. The van der Waals surface area contributed by atoms with Gasteiger partial charge < -0.3 is 14.7 Å². The number of aliphatic hydroxyl groups excluding tert-OH is 1. The van der Waals surface area contributed by atoms with Crippen molar-refractivity contribution in [2.45, 2.75) is 25.3 Å². The van der Waals surface area contributed by atoms with Gasteiger partial charge in [-0.05, 0) is 43.5 Å². The summed E-state index contributed by atoms with van der Waals surface area (Å²) < 4.78 is 5.14. The minimum atomic E-state index is 0.242. The van der Waals surface area contributed by atoms with Gasteiger partial charge in [-0.3, -0.25) is 0 Å². The molecule has 1 fully saturated rings. The first-order valence-electron chi connectivity index (χ1n) is 5.86. The molecule has 1 heterocycles. The third-order valence-electron chi connectivity index (χ3n) is 3.24. The number of benzene rings is 1. The molecule has 0 aromatic heterocycles. The monoisotopic (exact) mass is 221 g/mol. The fraction of sp³-hybridized carbons (Fsp3) is 0.538. The van der Waals surface area contributed by atoms with Gasteiger partial charge in [0, 0.05) is 12.2 Å². The van der Waals surface area contributed by atoms with Gasteiger partial charge in [-0.2, -0.15) is 0 Å². The van der Waals surface area contributed by atoms with E-state index in [2.05, 4.69) is 17.0 Å². The Hall–Kier alpha value is -1.22. The van der Waals surface area contributed by atoms with Gasteiger partial charge in [0.25, 0.3) is 0 Å². The van der Waals surface area contributed by atoms with Crippen LogP contribution in [0.4, 0.5) is 5.69 Å². The number of ether oxygens (including phenoxy) is 1. The zero-order chi connectivity index (χ0) is 11.4. The normalized spacial score (nSPS) is 20.9. The highest BCUT2D eigenvalue weighted by atomic mass is 16.5. The van der Waals surface area contributed by atoms with E-state index in [0.29, 0.717) is 0 Å². The van der Waals surface area contributed by atoms with Crippen LogP contribution in [0.5, 0.6) is 5.75 Å². The van der Waals surface area contributed by atoms with E-state index < -0.39 is 0 Å². The zero-order valence-electron chi connectivity index (χ0n) is 9.72. The molecular weight excluding hydrogens is 202 g/mol. The molecule has 3 nitrogen and oxygen atoms in total. The molecule has 1 atom stereocenters. The van der Waals surface area contributed by atoms with Crippen molar-refractivity contribution in [3.05, 3.63) is 24.3 Å². The maximum Gasteiger partial charge on any atom is 0.119 e. The Morgan fingerprint density at radius 3 is 2.69 bits per heavy atom. The van der Waals surface area contributed by atoms with Gasteiger partial charge in [-0.1, -0.05) is 0 Å². The van der Waals surface area contributed by atoms with E-state index in [1.165, 1.54) is 18.5 Å². The molecule has 0 aliphatic carbocycles. The molecule has 88 valence electrons. The first-order chi connectivity index (χ1) is 7.85. The summed E-state index contributed by atoms with van der Waals surface area (Å²) in [6, 6.07) is 8.35. The van der Waals surface area contributed by atoms with Crippen molar-refractivity contribution < 1.29 is 9.84 Å². The fourth-order valence-electron chi connectivity index (χ4n) is 2.30. The number of piperidine rings is 1. The molecule has 0 spiro atoms. The van der Waals surface area contributed by atoms with Gasteiger partial charge >= 0.3 is 0 Å². The Kier molecular flexibility index (Phi) is 3.67. The maximum absolute atomic E-state index is 9.36. The van der Waals surface area contributed by atoms with Crippen LogP contribution in [0.3, 0.4) is 0 Å². The van der Waals surface area contributed by atoms with Crippen LogP contribution in [-0.4, -0.2) is 31.4 Å². The SMILES string of the molecule is COc1ccc(N2CCCCC2CO)cc1. The third-order valence-corrected chi connectivity index (χ3v) is 3.24. The highest BCUT2D eigenvalue weighted by Crippen LogP contribution is 2.26. The van der Waals surface area contributed by atoms with Gasteiger partial charge in [0.15, 0.2) is 0 Å². The quantitative estimate of drug-likeness (QED) is 0.848. The second-order valence-corrected chi connectivity index (χ2v) is 4.22. The minimum absolute atomic E-state index is 0.242. The van der Waals surface area contributed by atoms with Crippen molar-refractivity contribution >= 4 is 5.69 Å². The molecule has 1 unspecified atom stereocenters. The standard InChI is InChI=1S/C13H19NO2/c1-16-13-7-5-11(6-8-13)14-9-3-2-4-12(14)10-15/h5-8,12,15H,2-4,9-10H2,1H3. The lowest BCUT2D eigenvalue weighted by atomic mass is 10.0. The first kappa shape index (κ1) is 11.3. The predicted molar refractivity (Wildman–Crippen MR) is 65.1 cm³/mol. The van der Waals surface area contributed by atoms with Crippen molar-refractivity contribution in [2.24, 2.45) is 0 Å². The Morgan fingerprint density at radius 1 is 1.31 bits per heavy atom. The molecular formula is C13H19NO2. The topological polar surface area (TPSA) is 32.7 Å². The summed E-state index contributed by atoms with van der Waals surface area (Å²) in [5.41, 5.74) is 1.18. The zero-order valence-corrected chi connectivity index (χ0v) is 9.72. The van der Waals surface area contributed by atoms with E-state index in [4.69, 9.17) is 4.74 Å². The predicted octanol–water partition coefficient (Wildman–Crippen LogP) is 2.05. The molecule has 0 amide bonds. The Labute approximate surface area is 96.6 Å². The average molecular weight is 221 g/mol. The van der Waals surface area contributed by atoms with E-state index >= 15 is 0 Å². The number of nitrogens with zero attached hydrogens (tertiary/aromatic N) is 1. The lowest BCUT2D eigenvalue weighted by Gasteiger charge is -2.36. The lowest BCUT2D eigenvalue weighted by molar-refractivity contribution is 0.240. The van der Waals surface area contributed by atoms with Crippen LogP contribution in [0.2, 0.25) is 0 Å².